The summed E-state index contributed by atoms with van der Waals surface area (Å²) in [4.78, 5) is 7.50. The van der Waals surface area contributed by atoms with Gasteiger partial charge in [0.2, 0.25) is 0 Å². The largest absolute Gasteiger partial charge is 0.377 e. The van der Waals surface area contributed by atoms with E-state index in [4.69, 9.17) is 4.74 Å². The van der Waals surface area contributed by atoms with Crippen molar-refractivity contribution in [3.63, 3.8) is 0 Å². The Morgan fingerprint density at radius 3 is 2.79 bits per heavy atom. The smallest absolute Gasteiger partial charge is 0.0925 e. The first kappa shape index (κ1) is 14.5. The van der Waals surface area contributed by atoms with E-state index < -0.39 is 0 Å². The minimum Gasteiger partial charge on any atom is -0.377 e. The van der Waals surface area contributed by atoms with Crippen molar-refractivity contribution < 1.29 is 4.74 Å². The van der Waals surface area contributed by atoms with Gasteiger partial charge in [-0.1, -0.05) is 19.1 Å². The summed E-state index contributed by atoms with van der Waals surface area (Å²) in [7, 11) is 0. The Labute approximate surface area is 127 Å². The Hall–Kier alpha value is -0.880. The Balaban J connectivity index is 1.66. The van der Waals surface area contributed by atoms with Crippen LogP contribution in [0.15, 0.2) is 30.6 Å². The minimum absolute atomic E-state index is 0.695. The third kappa shape index (κ3) is 4.62. The Morgan fingerprint density at radius 1 is 1.26 bits per heavy atom. The highest BCUT2D eigenvalue weighted by Gasteiger charge is 2.02. The van der Waals surface area contributed by atoms with Crippen LogP contribution in [-0.2, 0) is 24.2 Å². The summed E-state index contributed by atoms with van der Waals surface area (Å²) in [5.74, 6) is 0. The maximum absolute atomic E-state index is 5.69. The van der Waals surface area contributed by atoms with Crippen molar-refractivity contribution in [1.29, 1.82) is 0 Å². The molecule has 0 fully saturated rings. The van der Waals surface area contributed by atoms with Crippen LogP contribution in [0.2, 0.25) is 0 Å². The number of hydrogen-bond acceptors (Lipinski definition) is 2. The highest BCUT2D eigenvalue weighted by molar-refractivity contribution is 14.1. The second-order valence-corrected chi connectivity index (χ2v) is 5.71. The number of rotatable bonds is 7. The zero-order valence-electron chi connectivity index (χ0n) is 11.2. The number of H-pyrrole nitrogens is 1. The van der Waals surface area contributed by atoms with Crippen LogP contribution < -0.4 is 0 Å². The van der Waals surface area contributed by atoms with E-state index in [0.717, 1.165) is 25.9 Å². The fourth-order valence-electron chi connectivity index (χ4n) is 1.99. The molecule has 0 amide bonds. The molecule has 2 rings (SSSR count). The first-order chi connectivity index (χ1) is 9.29. The highest BCUT2D eigenvalue weighted by atomic mass is 127. The SMILES string of the molecule is CCc1nc[nH]c1CCCOCc1ccc(I)cc1. The zero-order chi connectivity index (χ0) is 13.5. The lowest BCUT2D eigenvalue weighted by Gasteiger charge is -2.05. The maximum atomic E-state index is 5.69. The minimum atomic E-state index is 0.695. The molecular formula is C15H19IN2O. The predicted octanol–water partition coefficient (Wildman–Crippen LogP) is 3.73. The summed E-state index contributed by atoms with van der Waals surface area (Å²) >= 11 is 2.31. The van der Waals surface area contributed by atoms with E-state index in [0.29, 0.717) is 6.61 Å². The fraction of sp³-hybridized carbons (Fsp3) is 0.400. The molecule has 0 saturated heterocycles. The Morgan fingerprint density at radius 2 is 2.05 bits per heavy atom. The summed E-state index contributed by atoms with van der Waals surface area (Å²) in [5, 5.41) is 0. The molecule has 1 aromatic heterocycles. The lowest BCUT2D eigenvalue weighted by Crippen LogP contribution is -1.99. The van der Waals surface area contributed by atoms with Gasteiger partial charge in [-0.2, -0.15) is 0 Å². The molecule has 0 aliphatic rings. The van der Waals surface area contributed by atoms with Crippen LogP contribution in [-0.4, -0.2) is 16.6 Å². The maximum Gasteiger partial charge on any atom is 0.0925 e. The van der Waals surface area contributed by atoms with Gasteiger partial charge in [-0.3, -0.25) is 0 Å². The van der Waals surface area contributed by atoms with E-state index in [1.807, 2.05) is 0 Å². The lowest BCUT2D eigenvalue weighted by molar-refractivity contribution is 0.118. The van der Waals surface area contributed by atoms with Crippen molar-refractivity contribution in [2.24, 2.45) is 0 Å². The predicted molar refractivity (Wildman–Crippen MR) is 85.1 cm³/mol. The zero-order valence-corrected chi connectivity index (χ0v) is 13.3. The second-order valence-electron chi connectivity index (χ2n) is 4.46. The molecule has 19 heavy (non-hydrogen) atoms. The van der Waals surface area contributed by atoms with Crippen LogP contribution in [0.3, 0.4) is 0 Å². The van der Waals surface area contributed by atoms with E-state index in [1.54, 1.807) is 6.33 Å². The molecule has 102 valence electrons. The third-order valence-corrected chi connectivity index (χ3v) is 3.76. The molecule has 0 aliphatic carbocycles. The number of aromatic nitrogens is 2. The summed E-state index contributed by atoms with van der Waals surface area (Å²) in [5.41, 5.74) is 3.66. The van der Waals surface area contributed by atoms with Gasteiger partial charge >= 0.3 is 0 Å². The number of benzene rings is 1. The normalized spacial score (nSPS) is 10.8. The third-order valence-electron chi connectivity index (χ3n) is 3.04. The quantitative estimate of drug-likeness (QED) is 0.596. The van der Waals surface area contributed by atoms with Gasteiger partial charge in [0.1, 0.15) is 0 Å². The molecule has 0 radical (unpaired) electrons. The number of nitrogens with zero attached hydrogens (tertiary/aromatic N) is 1. The molecular weight excluding hydrogens is 351 g/mol. The van der Waals surface area contributed by atoms with Gasteiger partial charge in [-0.05, 0) is 59.5 Å². The standard InChI is InChI=1S/C15H19IN2O/c1-2-14-15(18-11-17-14)4-3-9-19-10-12-5-7-13(16)8-6-12/h5-8,11H,2-4,9-10H2,1H3,(H,17,18). The molecule has 0 spiro atoms. The summed E-state index contributed by atoms with van der Waals surface area (Å²) in [6.45, 7) is 3.61. The number of ether oxygens (including phenoxy) is 1. The molecule has 2 aromatic rings. The highest BCUT2D eigenvalue weighted by Crippen LogP contribution is 2.09. The topological polar surface area (TPSA) is 37.9 Å². The Kier molecular flexibility index (Phi) is 5.85. The molecule has 1 N–H and O–H groups in total. The van der Waals surface area contributed by atoms with E-state index in [1.165, 1.54) is 20.5 Å². The monoisotopic (exact) mass is 370 g/mol. The number of hydrogen-bond donors (Lipinski definition) is 1. The van der Waals surface area contributed by atoms with E-state index in [9.17, 15) is 0 Å². The molecule has 0 saturated carbocycles. The van der Waals surface area contributed by atoms with Gasteiger partial charge in [-0.25, -0.2) is 4.98 Å². The molecule has 0 atom stereocenters. The molecule has 3 nitrogen and oxygen atoms in total. The van der Waals surface area contributed by atoms with Crippen molar-refractivity contribution in [3.8, 4) is 0 Å². The summed E-state index contributed by atoms with van der Waals surface area (Å²) in [6.07, 6.45) is 4.80. The first-order valence-electron chi connectivity index (χ1n) is 6.63. The van der Waals surface area contributed by atoms with Crippen LogP contribution in [0.4, 0.5) is 0 Å². The number of halogens is 1. The van der Waals surface area contributed by atoms with E-state index in [2.05, 4.69) is 63.7 Å². The number of imidazole rings is 1. The van der Waals surface area contributed by atoms with Gasteiger partial charge in [0, 0.05) is 15.9 Å². The van der Waals surface area contributed by atoms with Gasteiger partial charge in [-0.15, -0.1) is 0 Å². The number of aryl methyl sites for hydroxylation is 2. The van der Waals surface area contributed by atoms with E-state index >= 15 is 0 Å². The molecule has 0 bridgehead atoms. The first-order valence-corrected chi connectivity index (χ1v) is 7.70. The molecule has 1 heterocycles. The number of aromatic amines is 1. The summed E-state index contributed by atoms with van der Waals surface area (Å²) in [6, 6.07) is 8.45. The van der Waals surface area contributed by atoms with Gasteiger partial charge in [0.25, 0.3) is 0 Å². The van der Waals surface area contributed by atoms with Crippen molar-refractivity contribution >= 4 is 22.6 Å². The van der Waals surface area contributed by atoms with Crippen molar-refractivity contribution in [2.45, 2.75) is 32.8 Å². The fourth-order valence-corrected chi connectivity index (χ4v) is 2.35. The van der Waals surface area contributed by atoms with Gasteiger partial charge in [0.15, 0.2) is 0 Å². The second kappa shape index (κ2) is 7.65. The average molecular weight is 370 g/mol. The average Bonchev–Trinajstić information content (AvgIpc) is 2.88. The van der Waals surface area contributed by atoms with Crippen LogP contribution in [0, 0.1) is 3.57 Å². The lowest BCUT2D eigenvalue weighted by atomic mass is 10.2. The Bertz CT molecular complexity index is 493. The van der Waals surface area contributed by atoms with E-state index in [-0.39, 0.29) is 0 Å². The number of nitrogens with one attached hydrogen (secondary N) is 1. The van der Waals surface area contributed by atoms with Crippen LogP contribution in [0.1, 0.15) is 30.3 Å². The van der Waals surface area contributed by atoms with Crippen LogP contribution in [0.25, 0.3) is 0 Å². The van der Waals surface area contributed by atoms with Crippen LogP contribution >= 0.6 is 22.6 Å². The van der Waals surface area contributed by atoms with Crippen molar-refractivity contribution in [3.05, 3.63) is 51.1 Å². The van der Waals surface area contributed by atoms with Gasteiger partial charge < -0.3 is 9.72 Å². The van der Waals surface area contributed by atoms with Crippen molar-refractivity contribution in [1.82, 2.24) is 9.97 Å². The molecule has 1 aromatic carbocycles. The molecule has 4 heteroatoms. The molecule has 0 unspecified atom stereocenters. The van der Waals surface area contributed by atoms with Crippen molar-refractivity contribution in [2.75, 3.05) is 6.61 Å². The van der Waals surface area contributed by atoms with Gasteiger partial charge in [0.05, 0.1) is 18.6 Å². The van der Waals surface area contributed by atoms with Crippen LogP contribution in [0.5, 0.6) is 0 Å². The molecule has 0 aliphatic heterocycles. The summed E-state index contributed by atoms with van der Waals surface area (Å²) < 4.78 is 6.95.